The average molecular weight is 755 g/mol. The van der Waals surface area contributed by atoms with Crippen LogP contribution < -0.4 is 26.2 Å². The van der Waals surface area contributed by atoms with Crippen molar-refractivity contribution >= 4 is 99.4 Å². The van der Waals surface area contributed by atoms with Crippen molar-refractivity contribution in [3.63, 3.8) is 0 Å². The van der Waals surface area contributed by atoms with Gasteiger partial charge in [-0.3, -0.25) is 0 Å². The molecule has 9 aromatic rings. The highest BCUT2D eigenvalue weighted by molar-refractivity contribution is 7.27. The fourth-order valence-electron chi connectivity index (χ4n) is 9.08. The Morgan fingerprint density at radius 2 is 1.07 bits per heavy atom. The van der Waals surface area contributed by atoms with Gasteiger partial charge in [-0.25, -0.2) is 0 Å². The molecule has 56 heavy (non-hydrogen) atoms. The Balaban J connectivity index is 1.28. The first-order valence-electron chi connectivity index (χ1n) is 19.5. The summed E-state index contributed by atoms with van der Waals surface area (Å²) in [6.45, 7) is 9.26. The molecule has 2 aliphatic heterocycles. The molecule has 0 aliphatic carbocycles. The Bertz CT molecular complexity index is 2960. The van der Waals surface area contributed by atoms with Gasteiger partial charge < -0.3 is 9.80 Å². The maximum absolute atomic E-state index is 2.55. The van der Waals surface area contributed by atoms with Crippen molar-refractivity contribution in [3.05, 3.63) is 175 Å². The van der Waals surface area contributed by atoms with Crippen molar-refractivity contribution < 1.29 is 0 Å². The van der Waals surface area contributed by atoms with E-state index in [0.717, 1.165) is 0 Å². The largest absolute Gasteiger partial charge is 0.311 e. The summed E-state index contributed by atoms with van der Waals surface area (Å²) >= 11 is 3.87. The Morgan fingerprint density at radius 3 is 1.71 bits per heavy atom. The van der Waals surface area contributed by atoms with Crippen LogP contribution in [0, 0.1) is 6.92 Å². The predicted molar refractivity (Wildman–Crippen MR) is 246 cm³/mol. The standard InChI is InChI=1S/C51H39BN2S2/c1-32-27-42-48-43(28-32)54(37-23-15-8-16-24-37)50-47(38-26-25-35(51(2,3)4)29-44(38)56-50)52(48)40-31-45-39(30-41(40)53(42)36-21-13-7-14-22-36)46(33-17-9-5-10-18-33)49(55-45)34-19-11-6-12-20-34/h5-31H,1-4H3. The molecule has 0 bridgehead atoms. The van der Waals surface area contributed by atoms with Crippen LogP contribution in [-0.4, -0.2) is 6.71 Å². The van der Waals surface area contributed by atoms with E-state index < -0.39 is 0 Å². The molecule has 7 aromatic carbocycles. The lowest BCUT2D eigenvalue weighted by atomic mass is 9.33. The summed E-state index contributed by atoms with van der Waals surface area (Å²) < 4.78 is 2.66. The van der Waals surface area contributed by atoms with Crippen molar-refractivity contribution in [2.45, 2.75) is 33.1 Å². The van der Waals surface area contributed by atoms with Gasteiger partial charge in [0.05, 0.1) is 5.00 Å². The van der Waals surface area contributed by atoms with Crippen molar-refractivity contribution in [2.24, 2.45) is 0 Å². The van der Waals surface area contributed by atoms with E-state index in [2.05, 4.69) is 201 Å². The fraction of sp³-hybridized carbons (Fsp3) is 0.0980. The van der Waals surface area contributed by atoms with Crippen LogP contribution in [0.3, 0.4) is 0 Å². The third kappa shape index (κ3) is 5.07. The number of para-hydroxylation sites is 2. The number of hydrogen-bond donors (Lipinski definition) is 0. The Kier molecular flexibility index (Phi) is 7.51. The molecule has 2 aromatic heterocycles. The topological polar surface area (TPSA) is 6.48 Å². The number of hydrogen-bond acceptors (Lipinski definition) is 4. The third-order valence-corrected chi connectivity index (χ3v) is 14.0. The molecule has 11 rings (SSSR count). The van der Waals surface area contributed by atoms with E-state index in [-0.39, 0.29) is 12.1 Å². The summed E-state index contributed by atoms with van der Waals surface area (Å²) in [5, 5.41) is 3.95. The normalized spacial score (nSPS) is 13.2. The second-order valence-electron chi connectivity index (χ2n) is 16.2. The Morgan fingerprint density at radius 1 is 0.500 bits per heavy atom. The lowest BCUT2D eigenvalue weighted by Crippen LogP contribution is -2.61. The van der Waals surface area contributed by atoms with Crippen LogP contribution in [0.2, 0.25) is 0 Å². The van der Waals surface area contributed by atoms with Crippen LogP contribution in [0.5, 0.6) is 0 Å². The summed E-state index contributed by atoms with van der Waals surface area (Å²) in [5.41, 5.74) is 16.7. The highest BCUT2D eigenvalue weighted by Gasteiger charge is 2.45. The summed E-state index contributed by atoms with van der Waals surface area (Å²) in [6.07, 6.45) is 0. The molecular formula is C51H39BN2S2. The van der Waals surface area contributed by atoms with Crippen LogP contribution in [-0.2, 0) is 5.41 Å². The molecule has 0 saturated carbocycles. The number of thiophene rings is 2. The molecule has 0 radical (unpaired) electrons. The first-order valence-corrected chi connectivity index (χ1v) is 21.1. The number of aryl methyl sites for hydroxylation is 1. The van der Waals surface area contributed by atoms with Crippen LogP contribution >= 0.6 is 22.7 Å². The van der Waals surface area contributed by atoms with Gasteiger partial charge in [0.2, 0.25) is 0 Å². The van der Waals surface area contributed by atoms with E-state index in [0.29, 0.717) is 0 Å². The number of benzene rings is 7. The van der Waals surface area contributed by atoms with E-state index in [1.54, 1.807) is 0 Å². The third-order valence-electron chi connectivity index (χ3n) is 11.6. The summed E-state index contributed by atoms with van der Waals surface area (Å²) in [5.74, 6) is 0. The quantitative estimate of drug-likeness (QED) is 0.165. The van der Waals surface area contributed by atoms with Gasteiger partial charge in [0.25, 0.3) is 6.71 Å². The maximum atomic E-state index is 2.55. The minimum atomic E-state index is 0.0478. The molecule has 0 amide bonds. The van der Waals surface area contributed by atoms with Crippen molar-refractivity contribution in [1.82, 2.24) is 0 Å². The van der Waals surface area contributed by atoms with Gasteiger partial charge in [-0.1, -0.05) is 130 Å². The second kappa shape index (κ2) is 12.6. The van der Waals surface area contributed by atoms with Gasteiger partial charge in [-0.05, 0) is 111 Å². The zero-order chi connectivity index (χ0) is 37.7. The van der Waals surface area contributed by atoms with E-state index >= 15 is 0 Å². The zero-order valence-corrected chi connectivity index (χ0v) is 33.5. The van der Waals surface area contributed by atoms with Gasteiger partial charge >= 0.3 is 0 Å². The SMILES string of the molecule is Cc1cc2c3c(c1)N(c1ccccc1)c1sc4cc(C(C)(C)C)ccc4c1B3c1cc3sc(-c4ccccc4)c(-c4ccccc4)c3cc1N2c1ccccc1. The minimum Gasteiger partial charge on any atom is -0.311 e. The summed E-state index contributed by atoms with van der Waals surface area (Å²) in [7, 11) is 0. The molecule has 5 heteroatoms. The molecule has 2 nitrogen and oxygen atoms in total. The van der Waals surface area contributed by atoms with Crippen LogP contribution in [0.4, 0.5) is 33.4 Å². The highest BCUT2D eigenvalue weighted by atomic mass is 32.1. The van der Waals surface area contributed by atoms with Crippen molar-refractivity contribution in [2.75, 3.05) is 9.80 Å². The van der Waals surface area contributed by atoms with Gasteiger partial charge in [-0.15, -0.1) is 22.7 Å². The van der Waals surface area contributed by atoms with Crippen molar-refractivity contribution in [1.29, 1.82) is 0 Å². The van der Waals surface area contributed by atoms with Gasteiger partial charge in [-0.2, -0.15) is 0 Å². The molecule has 2 aliphatic rings. The molecule has 0 atom stereocenters. The maximum Gasteiger partial charge on any atom is 0.254 e. The lowest BCUT2D eigenvalue weighted by Gasteiger charge is -2.43. The molecule has 0 spiro atoms. The van der Waals surface area contributed by atoms with Crippen LogP contribution in [0.1, 0.15) is 31.9 Å². The molecular weight excluding hydrogens is 716 g/mol. The molecule has 0 fully saturated rings. The molecule has 268 valence electrons. The number of fused-ring (bicyclic) bond motifs is 7. The van der Waals surface area contributed by atoms with Crippen LogP contribution in [0.15, 0.2) is 164 Å². The highest BCUT2D eigenvalue weighted by Crippen LogP contribution is 2.51. The first-order chi connectivity index (χ1) is 27.3. The zero-order valence-electron chi connectivity index (χ0n) is 31.9. The number of nitrogens with zero attached hydrogens (tertiary/aromatic N) is 2. The monoisotopic (exact) mass is 754 g/mol. The Hall–Kier alpha value is -5.88. The van der Waals surface area contributed by atoms with Gasteiger partial charge in [0, 0.05) is 53.7 Å². The molecule has 0 saturated heterocycles. The van der Waals surface area contributed by atoms with E-state index in [1.165, 1.54) is 103 Å². The van der Waals surface area contributed by atoms with Crippen molar-refractivity contribution in [3.8, 4) is 21.6 Å². The smallest absolute Gasteiger partial charge is 0.254 e. The van der Waals surface area contributed by atoms with Gasteiger partial charge in [0.15, 0.2) is 0 Å². The summed E-state index contributed by atoms with van der Waals surface area (Å²) in [4.78, 5) is 6.41. The lowest BCUT2D eigenvalue weighted by molar-refractivity contribution is 0.591. The van der Waals surface area contributed by atoms with Gasteiger partial charge in [0.1, 0.15) is 0 Å². The summed E-state index contributed by atoms with van der Waals surface area (Å²) in [6, 6.07) is 61.1. The average Bonchev–Trinajstić information content (AvgIpc) is 3.79. The van der Waals surface area contributed by atoms with E-state index in [1.807, 2.05) is 22.7 Å². The molecule has 0 unspecified atom stereocenters. The predicted octanol–water partition coefficient (Wildman–Crippen LogP) is 13.1. The number of anilines is 6. The first kappa shape index (κ1) is 33.5. The Labute approximate surface area is 337 Å². The second-order valence-corrected chi connectivity index (χ2v) is 18.3. The van der Waals surface area contributed by atoms with Crippen LogP contribution in [0.25, 0.3) is 41.7 Å². The molecule has 4 heterocycles. The van der Waals surface area contributed by atoms with E-state index in [9.17, 15) is 0 Å². The van der Waals surface area contributed by atoms with E-state index in [4.69, 9.17) is 0 Å². The fourth-order valence-corrected chi connectivity index (χ4v) is 11.7. The minimum absolute atomic E-state index is 0.0478. The number of rotatable bonds is 4. The molecule has 0 N–H and O–H groups in total.